The number of benzene rings is 1. The molecule has 1 aromatic heterocycles. The highest BCUT2D eigenvalue weighted by atomic mass is 16.5. The zero-order valence-electron chi connectivity index (χ0n) is 13.7. The molecule has 1 amide bonds. The summed E-state index contributed by atoms with van der Waals surface area (Å²) in [7, 11) is 0. The van der Waals surface area contributed by atoms with Gasteiger partial charge in [-0.2, -0.15) is 0 Å². The van der Waals surface area contributed by atoms with Crippen molar-refractivity contribution in [2.45, 2.75) is 18.9 Å². The Hall–Kier alpha value is -2.80. The van der Waals surface area contributed by atoms with Crippen molar-refractivity contribution in [2.75, 3.05) is 19.8 Å². The van der Waals surface area contributed by atoms with Crippen molar-refractivity contribution in [1.29, 1.82) is 0 Å². The van der Waals surface area contributed by atoms with Crippen molar-refractivity contribution >= 4 is 11.9 Å². The molecule has 0 bridgehead atoms. The quantitative estimate of drug-likeness (QED) is 0.859. The van der Waals surface area contributed by atoms with E-state index in [2.05, 4.69) is 9.97 Å². The highest BCUT2D eigenvalue weighted by Gasteiger charge is 2.28. The average Bonchev–Trinajstić information content (AvgIpc) is 3.17. The van der Waals surface area contributed by atoms with E-state index in [9.17, 15) is 9.59 Å². The van der Waals surface area contributed by atoms with Crippen LogP contribution in [-0.2, 0) is 11.2 Å². The van der Waals surface area contributed by atoms with Crippen LogP contribution in [0.2, 0.25) is 0 Å². The van der Waals surface area contributed by atoms with E-state index in [1.807, 2.05) is 30.3 Å². The Kier molecular flexibility index (Phi) is 5.35. The standard InChI is InChI=1S/C18H19N3O4/c22-17(15-10-20-16(11-19-15)18(23)24)21(14-7-9-25-12-14)8-6-13-4-2-1-3-5-13/h1-5,10-11,14H,6-9,12H2,(H,23,24). The Morgan fingerprint density at radius 2 is 1.88 bits per heavy atom. The van der Waals surface area contributed by atoms with Gasteiger partial charge in [-0.25, -0.2) is 14.8 Å². The summed E-state index contributed by atoms with van der Waals surface area (Å²) >= 11 is 0. The van der Waals surface area contributed by atoms with Crippen molar-refractivity contribution in [3.05, 3.63) is 59.7 Å². The minimum Gasteiger partial charge on any atom is -0.476 e. The van der Waals surface area contributed by atoms with Crippen molar-refractivity contribution in [1.82, 2.24) is 14.9 Å². The summed E-state index contributed by atoms with van der Waals surface area (Å²) in [4.78, 5) is 33.2. The SMILES string of the molecule is O=C(O)c1cnc(C(=O)N(CCc2ccccc2)C2CCOC2)cn1. The summed E-state index contributed by atoms with van der Waals surface area (Å²) in [5, 5.41) is 8.89. The van der Waals surface area contributed by atoms with Gasteiger partial charge in [-0.15, -0.1) is 0 Å². The Bertz CT molecular complexity index is 728. The first-order chi connectivity index (χ1) is 12.1. The lowest BCUT2D eigenvalue weighted by Crippen LogP contribution is -2.42. The number of carboxylic acid groups (broad SMARTS) is 1. The van der Waals surface area contributed by atoms with Gasteiger partial charge < -0.3 is 14.7 Å². The van der Waals surface area contributed by atoms with Gasteiger partial charge in [-0.1, -0.05) is 30.3 Å². The molecule has 2 aromatic rings. The van der Waals surface area contributed by atoms with Gasteiger partial charge in [0.05, 0.1) is 25.0 Å². The maximum absolute atomic E-state index is 12.9. The number of nitrogens with zero attached hydrogens (tertiary/aromatic N) is 3. The zero-order valence-corrected chi connectivity index (χ0v) is 13.7. The number of aromatic carboxylic acids is 1. The van der Waals surface area contributed by atoms with E-state index in [0.717, 1.165) is 24.6 Å². The highest BCUT2D eigenvalue weighted by Crippen LogP contribution is 2.16. The van der Waals surface area contributed by atoms with Crippen LogP contribution < -0.4 is 0 Å². The van der Waals surface area contributed by atoms with Crippen molar-refractivity contribution < 1.29 is 19.4 Å². The summed E-state index contributed by atoms with van der Waals surface area (Å²) in [6.45, 7) is 1.67. The second kappa shape index (κ2) is 7.85. The highest BCUT2D eigenvalue weighted by molar-refractivity contribution is 5.93. The van der Waals surface area contributed by atoms with E-state index in [-0.39, 0.29) is 23.3 Å². The molecule has 2 heterocycles. The van der Waals surface area contributed by atoms with Crippen LogP contribution >= 0.6 is 0 Å². The zero-order chi connectivity index (χ0) is 17.6. The molecule has 1 atom stereocenters. The molecule has 0 spiro atoms. The summed E-state index contributed by atoms with van der Waals surface area (Å²) in [6.07, 6.45) is 3.83. The predicted molar refractivity (Wildman–Crippen MR) is 89.4 cm³/mol. The van der Waals surface area contributed by atoms with E-state index in [0.29, 0.717) is 19.8 Å². The molecule has 0 saturated carbocycles. The topological polar surface area (TPSA) is 92.6 Å². The number of carbonyl (C=O) groups is 2. The van der Waals surface area contributed by atoms with Gasteiger partial charge in [0.25, 0.3) is 5.91 Å². The molecule has 0 aliphatic carbocycles. The third kappa shape index (κ3) is 4.19. The smallest absolute Gasteiger partial charge is 0.356 e. The van der Waals surface area contributed by atoms with Gasteiger partial charge in [0.2, 0.25) is 0 Å². The number of ether oxygens (including phenoxy) is 1. The Morgan fingerprint density at radius 3 is 2.48 bits per heavy atom. The van der Waals surface area contributed by atoms with Gasteiger partial charge >= 0.3 is 5.97 Å². The molecule has 1 unspecified atom stereocenters. The van der Waals surface area contributed by atoms with E-state index in [1.54, 1.807) is 4.90 Å². The Balaban J connectivity index is 1.75. The number of aromatic nitrogens is 2. The molecule has 1 aliphatic rings. The number of hydrogen-bond donors (Lipinski definition) is 1. The fraction of sp³-hybridized carbons (Fsp3) is 0.333. The molecule has 25 heavy (non-hydrogen) atoms. The summed E-state index contributed by atoms with van der Waals surface area (Å²) in [6, 6.07) is 9.94. The summed E-state index contributed by atoms with van der Waals surface area (Å²) < 4.78 is 5.42. The molecule has 130 valence electrons. The molecule has 3 rings (SSSR count). The number of amides is 1. The van der Waals surface area contributed by atoms with Crippen LogP contribution in [0.1, 0.15) is 33.0 Å². The van der Waals surface area contributed by atoms with E-state index in [4.69, 9.17) is 9.84 Å². The van der Waals surface area contributed by atoms with Gasteiger partial charge in [0.15, 0.2) is 5.69 Å². The van der Waals surface area contributed by atoms with Crippen molar-refractivity contribution in [2.24, 2.45) is 0 Å². The van der Waals surface area contributed by atoms with E-state index >= 15 is 0 Å². The lowest BCUT2D eigenvalue weighted by Gasteiger charge is -2.27. The summed E-state index contributed by atoms with van der Waals surface area (Å²) in [5.74, 6) is -1.42. The first kappa shape index (κ1) is 17.0. The van der Waals surface area contributed by atoms with Gasteiger partial charge in [0.1, 0.15) is 5.69 Å². The molecule has 0 radical (unpaired) electrons. The molecule has 1 N–H and O–H groups in total. The van der Waals surface area contributed by atoms with Gasteiger partial charge in [0, 0.05) is 13.2 Å². The normalized spacial score (nSPS) is 16.6. The maximum Gasteiger partial charge on any atom is 0.356 e. The average molecular weight is 341 g/mol. The minimum atomic E-state index is -1.17. The molecule has 7 heteroatoms. The summed E-state index contributed by atoms with van der Waals surface area (Å²) in [5.41, 5.74) is 1.10. The minimum absolute atomic E-state index is 0.00263. The first-order valence-electron chi connectivity index (χ1n) is 8.13. The van der Waals surface area contributed by atoms with Crippen LogP contribution in [0.15, 0.2) is 42.7 Å². The van der Waals surface area contributed by atoms with Crippen molar-refractivity contribution in [3.63, 3.8) is 0 Å². The second-order valence-corrected chi connectivity index (χ2v) is 5.84. The number of carboxylic acids is 1. The molecule has 1 aliphatic heterocycles. The van der Waals surface area contributed by atoms with Crippen LogP contribution in [0.5, 0.6) is 0 Å². The lowest BCUT2D eigenvalue weighted by molar-refractivity contribution is 0.0644. The van der Waals surface area contributed by atoms with Gasteiger partial charge in [-0.3, -0.25) is 4.79 Å². The third-order valence-electron chi connectivity index (χ3n) is 4.18. The molecule has 1 aromatic carbocycles. The van der Waals surface area contributed by atoms with Crippen LogP contribution in [-0.4, -0.2) is 57.7 Å². The number of rotatable bonds is 6. The predicted octanol–water partition coefficient (Wildman–Crippen LogP) is 1.65. The Labute approximate surface area is 145 Å². The molecular weight excluding hydrogens is 322 g/mol. The fourth-order valence-corrected chi connectivity index (χ4v) is 2.81. The number of carbonyl (C=O) groups excluding carboxylic acids is 1. The lowest BCUT2D eigenvalue weighted by atomic mass is 10.1. The first-order valence-corrected chi connectivity index (χ1v) is 8.13. The monoisotopic (exact) mass is 341 g/mol. The largest absolute Gasteiger partial charge is 0.476 e. The van der Waals surface area contributed by atoms with E-state index < -0.39 is 5.97 Å². The van der Waals surface area contributed by atoms with Crippen LogP contribution in [0.25, 0.3) is 0 Å². The van der Waals surface area contributed by atoms with E-state index in [1.165, 1.54) is 6.20 Å². The van der Waals surface area contributed by atoms with Crippen molar-refractivity contribution in [3.8, 4) is 0 Å². The molecular formula is C18H19N3O4. The Morgan fingerprint density at radius 1 is 1.16 bits per heavy atom. The van der Waals surface area contributed by atoms with Crippen LogP contribution in [0.4, 0.5) is 0 Å². The second-order valence-electron chi connectivity index (χ2n) is 5.84. The fourth-order valence-electron chi connectivity index (χ4n) is 2.81. The molecule has 1 saturated heterocycles. The number of hydrogen-bond acceptors (Lipinski definition) is 5. The van der Waals surface area contributed by atoms with Crippen LogP contribution in [0, 0.1) is 0 Å². The van der Waals surface area contributed by atoms with Crippen LogP contribution in [0.3, 0.4) is 0 Å². The maximum atomic E-state index is 12.9. The third-order valence-corrected chi connectivity index (χ3v) is 4.18. The molecule has 1 fully saturated rings. The van der Waals surface area contributed by atoms with Gasteiger partial charge in [-0.05, 0) is 18.4 Å². The molecule has 7 nitrogen and oxygen atoms in total.